The summed E-state index contributed by atoms with van der Waals surface area (Å²) in [6, 6.07) is 0. The van der Waals surface area contributed by atoms with Gasteiger partial charge in [0, 0.05) is 0 Å². The number of hydrogen-bond acceptors (Lipinski definition) is 2. The number of hydrazine groups is 1. The largest absolute Gasteiger partial charge is 0.265 e. The third-order valence-corrected chi connectivity index (χ3v) is 1.35. The Hall–Kier alpha value is 1.15. The molecule has 0 rings (SSSR count). The Bertz CT molecular complexity index is 75.6. The van der Waals surface area contributed by atoms with Crippen LogP contribution in [0.2, 0.25) is 0 Å². The molecule has 0 aromatic carbocycles. The molecule has 0 fully saturated rings. The van der Waals surface area contributed by atoms with Crippen molar-refractivity contribution in [3.8, 4) is 0 Å². The van der Waals surface area contributed by atoms with Gasteiger partial charge in [-0.2, -0.15) is 0 Å². The van der Waals surface area contributed by atoms with Crippen molar-refractivity contribution in [2.45, 2.75) is 0 Å². The molecule has 0 amide bonds. The summed E-state index contributed by atoms with van der Waals surface area (Å²) in [5.41, 5.74) is 0. The fourth-order valence-electron chi connectivity index (χ4n) is 0. The van der Waals surface area contributed by atoms with E-state index in [4.69, 9.17) is 28.3 Å². The number of nitrogens with two attached hydrogens (primary N) is 1. The van der Waals surface area contributed by atoms with Crippen molar-refractivity contribution in [1.82, 2.24) is 5.20 Å². The topological polar surface area (TPSA) is 38.0 Å². The molecule has 0 bridgehead atoms. The van der Waals surface area contributed by atoms with Crippen molar-refractivity contribution in [3.05, 3.63) is 0 Å². The Labute approximate surface area is 50.6 Å². The summed E-state index contributed by atoms with van der Waals surface area (Å²) in [4.78, 5) is -2.34. The Morgan fingerprint density at radius 3 is 1.83 bits per heavy atom. The van der Waals surface area contributed by atoms with Gasteiger partial charge in [0.2, 0.25) is 0 Å². The summed E-state index contributed by atoms with van der Waals surface area (Å²) in [5.74, 6) is 4.74. The maximum absolute atomic E-state index is 5.17. The van der Waals surface area contributed by atoms with Crippen LogP contribution in [0, 0.1) is 0 Å². The molecule has 0 atom stereocenters. The van der Waals surface area contributed by atoms with Crippen molar-refractivity contribution >= 4 is 39.2 Å². The lowest BCUT2D eigenvalue weighted by atomic mass is 13.0. The van der Waals surface area contributed by atoms with E-state index in [2.05, 4.69) is 17.0 Å². The maximum Gasteiger partial charge on any atom is 0.193 e. The molecule has 0 aliphatic carbocycles. The van der Waals surface area contributed by atoms with Gasteiger partial charge < -0.3 is 0 Å². The van der Waals surface area contributed by atoms with E-state index in [1.165, 1.54) is 0 Å². The van der Waals surface area contributed by atoms with Crippen molar-refractivity contribution in [2.24, 2.45) is 5.84 Å². The first-order valence-corrected chi connectivity index (χ1v) is 5.65. The monoisotopic (exact) mass is 164 g/mol. The summed E-state index contributed by atoms with van der Waals surface area (Å²) >= 11 is 14.7. The Morgan fingerprint density at radius 2 is 1.83 bits per heavy atom. The molecule has 0 aliphatic rings. The molecule has 0 saturated carbocycles. The molecule has 3 N–H and O–H groups in total. The van der Waals surface area contributed by atoms with Crippen LogP contribution in [0.5, 0.6) is 0 Å². The van der Waals surface area contributed by atoms with E-state index < -0.39 is 4.89 Å². The van der Waals surface area contributed by atoms with Gasteiger partial charge in [0.25, 0.3) is 0 Å². The van der Waals surface area contributed by atoms with E-state index in [0.717, 1.165) is 0 Å². The molecule has 6 heteroatoms. The second kappa shape index (κ2) is 2.46. The zero-order chi connectivity index (χ0) is 5.21. The number of rotatable bonds is 1. The minimum absolute atomic E-state index is 2.06. The molecule has 0 unspecified atom stereocenters. The normalized spacial score (nSPS) is 11.8. The van der Waals surface area contributed by atoms with Gasteiger partial charge in [-0.3, -0.25) is 5.84 Å². The average Bonchev–Trinajstić information content (AvgIpc) is 1.35. The first-order valence-electron chi connectivity index (χ1n) is 1.03. The van der Waals surface area contributed by atoms with Gasteiger partial charge in [0.1, 0.15) is 0 Å². The highest BCUT2D eigenvalue weighted by atomic mass is 35.9. The average molecular weight is 165 g/mol. The molecule has 2 nitrogen and oxygen atoms in total. The molecule has 0 saturated heterocycles. The van der Waals surface area contributed by atoms with Crippen LogP contribution < -0.4 is 11.0 Å². The Kier molecular flexibility index (Phi) is 2.93. The SMILES string of the molecule is NNP(=S)(Cl)Cl. The first kappa shape index (κ1) is 7.15. The maximum atomic E-state index is 5.17. The van der Waals surface area contributed by atoms with Crippen LogP contribution in [0.25, 0.3) is 0 Å². The highest BCUT2D eigenvalue weighted by Gasteiger charge is 1.99. The van der Waals surface area contributed by atoms with Crippen LogP contribution in [0.4, 0.5) is 0 Å². The summed E-state index contributed by atoms with van der Waals surface area (Å²) < 4.78 is 0. The molecule has 0 spiro atoms. The zero-order valence-corrected chi connectivity index (χ0v) is 5.91. The predicted molar refractivity (Wildman–Crippen MR) is 33.3 cm³/mol. The van der Waals surface area contributed by atoms with Gasteiger partial charge >= 0.3 is 0 Å². The van der Waals surface area contributed by atoms with E-state index in [1.54, 1.807) is 0 Å². The molecule has 0 aromatic heterocycles. The summed E-state index contributed by atoms with van der Waals surface area (Å²) in [7, 11) is 0. The fourth-order valence-corrected chi connectivity index (χ4v) is 0. The smallest absolute Gasteiger partial charge is 0.193 e. The zero-order valence-electron chi connectivity index (χ0n) is 2.69. The Balaban J connectivity index is 3.48. The van der Waals surface area contributed by atoms with Crippen molar-refractivity contribution in [1.29, 1.82) is 0 Å². The lowest BCUT2D eigenvalue weighted by molar-refractivity contribution is 1.11. The first-order chi connectivity index (χ1) is 2.56. The molecule has 0 radical (unpaired) electrons. The third-order valence-electron chi connectivity index (χ3n) is 0.150. The van der Waals surface area contributed by atoms with E-state index in [9.17, 15) is 0 Å². The molecule has 0 aromatic rings. The van der Waals surface area contributed by atoms with Crippen LogP contribution in [-0.4, -0.2) is 0 Å². The highest BCUT2D eigenvalue weighted by molar-refractivity contribution is 8.38. The van der Waals surface area contributed by atoms with Crippen molar-refractivity contribution in [2.75, 3.05) is 0 Å². The molecule has 0 aliphatic heterocycles. The highest BCUT2D eigenvalue weighted by Crippen LogP contribution is 2.51. The molecule has 38 valence electrons. The molecular formula is H3Cl2N2PS. The van der Waals surface area contributed by atoms with Gasteiger partial charge in [-0.1, -0.05) is 22.5 Å². The van der Waals surface area contributed by atoms with Crippen LogP contribution in [-0.2, 0) is 11.8 Å². The summed E-state index contributed by atoms with van der Waals surface area (Å²) in [5, 5.41) is 2.06. The molecule has 6 heavy (non-hydrogen) atoms. The lowest BCUT2D eigenvalue weighted by Crippen LogP contribution is -2.11. The van der Waals surface area contributed by atoms with Crippen LogP contribution >= 0.6 is 27.4 Å². The predicted octanol–water partition coefficient (Wildman–Crippen LogP) is 1.15. The summed E-state index contributed by atoms with van der Waals surface area (Å²) in [6.07, 6.45) is 0. The number of halogens is 2. The number of hydrogen-bond donors (Lipinski definition) is 2. The fraction of sp³-hybridized carbons (Fsp3) is 0. The van der Waals surface area contributed by atoms with Gasteiger partial charge in [0.05, 0.1) is 0 Å². The van der Waals surface area contributed by atoms with Gasteiger partial charge in [0.15, 0.2) is 4.89 Å². The standard InChI is InChI=1S/Cl2H3N2PS/c1-5(2,6)4-3/h3H2,(H,4,6). The second-order valence-corrected chi connectivity index (χ2v) is 8.18. The van der Waals surface area contributed by atoms with E-state index in [0.29, 0.717) is 0 Å². The van der Waals surface area contributed by atoms with Gasteiger partial charge in [-0.15, -0.1) is 0 Å². The van der Waals surface area contributed by atoms with Gasteiger partial charge in [-0.25, -0.2) is 5.20 Å². The van der Waals surface area contributed by atoms with Crippen molar-refractivity contribution in [3.63, 3.8) is 0 Å². The van der Waals surface area contributed by atoms with Crippen LogP contribution in [0.1, 0.15) is 0 Å². The second-order valence-electron chi connectivity index (χ2n) is 0.591. The van der Waals surface area contributed by atoms with Gasteiger partial charge in [-0.05, 0) is 11.8 Å². The van der Waals surface area contributed by atoms with Crippen LogP contribution in [0.15, 0.2) is 0 Å². The number of nitrogens with one attached hydrogen (secondary N) is 1. The summed E-state index contributed by atoms with van der Waals surface area (Å²) in [6.45, 7) is 0. The lowest BCUT2D eigenvalue weighted by Gasteiger charge is -1.96. The van der Waals surface area contributed by atoms with E-state index >= 15 is 0 Å². The van der Waals surface area contributed by atoms with Crippen molar-refractivity contribution < 1.29 is 0 Å². The van der Waals surface area contributed by atoms with E-state index in [1.807, 2.05) is 0 Å². The quantitative estimate of drug-likeness (QED) is 0.347. The van der Waals surface area contributed by atoms with E-state index in [-0.39, 0.29) is 0 Å². The molecular weight excluding hydrogens is 162 g/mol. The third kappa shape index (κ3) is 5.15. The molecule has 0 heterocycles. The minimum atomic E-state index is -2.34. The Morgan fingerprint density at radius 1 is 1.67 bits per heavy atom. The van der Waals surface area contributed by atoms with Crippen LogP contribution in [0.3, 0.4) is 0 Å². The minimum Gasteiger partial charge on any atom is -0.265 e.